The second-order valence-corrected chi connectivity index (χ2v) is 7.14. The Hall–Kier alpha value is -2.40. The molecule has 0 aliphatic carbocycles. The van der Waals surface area contributed by atoms with Crippen molar-refractivity contribution in [2.24, 2.45) is 0 Å². The lowest BCUT2D eigenvalue weighted by Crippen LogP contribution is -1.97. The zero-order chi connectivity index (χ0) is 18.2. The number of hydrogen-bond acceptors (Lipinski definition) is 5. The lowest BCUT2D eigenvalue weighted by molar-refractivity contribution is 0.305. The summed E-state index contributed by atoms with van der Waals surface area (Å²) in [6.45, 7) is 4.99. The van der Waals surface area contributed by atoms with E-state index in [9.17, 15) is 0 Å². The fourth-order valence-corrected chi connectivity index (χ4v) is 3.30. The Morgan fingerprint density at radius 2 is 1.88 bits per heavy atom. The summed E-state index contributed by atoms with van der Waals surface area (Å²) < 4.78 is 5.78. The van der Waals surface area contributed by atoms with Crippen molar-refractivity contribution in [2.75, 3.05) is 11.9 Å². The fraction of sp³-hybridized carbons (Fsp3) is 0.333. The van der Waals surface area contributed by atoms with Crippen LogP contribution in [0.25, 0.3) is 11.3 Å². The maximum absolute atomic E-state index is 5.78. The number of anilines is 2. The molecule has 26 heavy (non-hydrogen) atoms. The van der Waals surface area contributed by atoms with Crippen molar-refractivity contribution in [1.29, 1.82) is 0 Å². The SMILES string of the molecule is CCCCCCOc1ccc(Nc2nc(-c3ccc(C)nc3)cs2)cc1. The maximum Gasteiger partial charge on any atom is 0.187 e. The molecule has 2 heterocycles. The van der Waals surface area contributed by atoms with E-state index in [2.05, 4.69) is 22.2 Å². The minimum Gasteiger partial charge on any atom is -0.494 e. The number of aromatic nitrogens is 2. The average molecular weight is 368 g/mol. The van der Waals surface area contributed by atoms with Crippen LogP contribution in [0.3, 0.4) is 0 Å². The summed E-state index contributed by atoms with van der Waals surface area (Å²) in [7, 11) is 0. The number of nitrogens with one attached hydrogen (secondary N) is 1. The molecule has 0 saturated heterocycles. The zero-order valence-corrected chi connectivity index (χ0v) is 16.2. The Morgan fingerprint density at radius 3 is 2.62 bits per heavy atom. The van der Waals surface area contributed by atoms with Crippen molar-refractivity contribution in [1.82, 2.24) is 9.97 Å². The molecule has 136 valence electrons. The van der Waals surface area contributed by atoms with Crippen molar-refractivity contribution in [3.05, 3.63) is 53.7 Å². The van der Waals surface area contributed by atoms with Gasteiger partial charge in [0, 0.05) is 28.5 Å². The van der Waals surface area contributed by atoms with Crippen molar-refractivity contribution in [2.45, 2.75) is 39.5 Å². The predicted octanol–water partition coefficient (Wildman–Crippen LogP) is 6.22. The number of benzene rings is 1. The van der Waals surface area contributed by atoms with Gasteiger partial charge in [-0.15, -0.1) is 11.3 Å². The molecule has 3 aromatic rings. The largest absolute Gasteiger partial charge is 0.494 e. The number of hydrogen-bond donors (Lipinski definition) is 1. The van der Waals surface area contributed by atoms with Gasteiger partial charge in [0.2, 0.25) is 0 Å². The van der Waals surface area contributed by atoms with Gasteiger partial charge in [0.25, 0.3) is 0 Å². The third kappa shape index (κ3) is 5.30. The van der Waals surface area contributed by atoms with E-state index in [-0.39, 0.29) is 0 Å². The number of rotatable bonds is 9. The maximum atomic E-state index is 5.78. The molecule has 3 rings (SSSR count). The molecule has 0 unspecified atom stereocenters. The summed E-state index contributed by atoms with van der Waals surface area (Å²) in [6.07, 6.45) is 6.74. The first-order valence-corrected chi connectivity index (χ1v) is 10.0. The van der Waals surface area contributed by atoms with Gasteiger partial charge in [-0.25, -0.2) is 4.98 Å². The van der Waals surface area contributed by atoms with E-state index in [4.69, 9.17) is 4.74 Å². The molecule has 0 atom stereocenters. The smallest absolute Gasteiger partial charge is 0.187 e. The second-order valence-electron chi connectivity index (χ2n) is 6.28. The number of ether oxygens (including phenoxy) is 1. The predicted molar refractivity (Wildman–Crippen MR) is 109 cm³/mol. The monoisotopic (exact) mass is 367 g/mol. The van der Waals surface area contributed by atoms with E-state index in [1.165, 1.54) is 19.3 Å². The van der Waals surface area contributed by atoms with Gasteiger partial charge in [-0.3, -0.25) is 4.98 Å². The van der Waals surface area contributed by atoms with Crippen molar-refractivity contribution < 1.29 is 4.74 Å². The van der Waals surface area contributed by atoms with Crippen LogP contribution in [0.2, 0.25) is 0 Å². The summed E-state index contributed by atoms with van der Waals surface area (Å²) in [4.78, 5) is 8.97. The van der Waals surface area contributed by atoms with E-state index in [0.717, 1.165) is 46.5 Å². The quantitative estimate of drug-likeness (QED) is 0.456. The molecule has 2 aromatic heterocycles. The summed E-state index contributed by atoms with van der Waals surface area (Å²) in [5.74, 6) is 0.914. The topological polar surface area (TPSA) is 47.0 Å². The van der Waals surface area contributed by atoms with Gasteiger partial charge in [0.1, 0.15) is 5.75 Å². The third-order valence-corrected chi connectivity index (χ3v) is 4.84. The molecule has 0 amide bonds. The summed E-state index contributed by atoms with van der Waals surface area (Å²) in [5, 5.41) is 6.26. The summed E-state index contributed by atoms with van der Waals surface area (Å²) in [5.41, 5.74) is 3.99. The van der Waals surface area contributed by atoms with E-state index in [1.807, 2.05) is 54.9 Å². The molecule has 1 N–H and O–H groups in total. The first-order valence-electron chi connectivity index (χ1n) is 9.13. The van der Waals surface area contributed by atoms with Gasteiger partial charge in [0.15, 0.2) is 5.13 Å². The standard InChI is InChI=1S/C21H25N3OS/c1-3-4-5-6-13-25-19-11-9-18(10-12-19)23-21-24-20(15-26-21)17-8-7-16(2)22-14-17/h7-12,14-15H,3-6,13H2,1-2H3,(H,23,24). The summed E-state index contributed by atoms with van der Waals surface area (Å²) >= 11 is 1.59. The second kappa shape index (κ2) is 9.34. The Labute approximate surface area is 159 Å². The Kier molecular flexibility index (Phi) is 6.61. The van der Waals surface area contributed by atoms with Gasteiger partial charge in [-0.1, -0.05) is 26.2 Å². The lowest BCUT2D eigenvalue weighted by atomic mass is 10.2. The number of thiazole rings is 1. The van der Waals surface area contributed by atoms with E-state index < -0.39 is 0 Å². The van der Waals surface area contributed by atoms with Crippen LogP contribution >= 0.6 is 11.3 Å². The van der Waals surface area contributed by atoms with Crippen molar-refractivity contribution in [3.8, 4) is 17.0 Å². The molecule has 1 aromatic carbocycles. The molecule has 0 bridgehead atoms. The number of aryl methyl sites for hydroxylation is 1. The Morgan fingerprint density at radius 1 is 1.04 bits per heavy atom. The highest BCUT2D eigenvalue weighted by Crippen LogP contribution is 2.27. The van der Waals surface area contributed by atoms with Gasteiger partial charge in [0.05, 0.1) is 12.3 Å². The van der Waals surface area contributed by atoms with E-state index >= 15 is 0 Å². The fourth-order valence-electron chi connectivity index (χ4n) is 2.56. The highest BCUT2D eigenvalue weighted by atomic mass is 32.1. The Balaban J connectivity index is 1.53. The van der Waals surface area contributed by atoms with Crippen LogP contribution in [0.5, 0.6) is 5.75 Å². The van der Waals surface area contributed by atoms with Crippen LogP contribution in [0.4, 0.5) is 10.8 Å². The lowest BCUT2D eigenvalue weighted by Gasteiger charge is -2.07. The van der Waals surface area contributed by atoms with E-state index in [1.54, 1.807) is 11.3 Å². The number of unbranched alkanes of at least 4 members (excludes halogenated alkanes) is 3. The number of pyridine rings is 1. The molecule has 0 fully saturated rings. The molecule has 0 saturated carbocycles. The molecule has 4 nitrogen and oxygen atoms in total. The van der Waals surface area contributed by atoms with Gasteiger partial charge in [-0.05, 0) is 49.7 Å². The molecule has 0 spiro atoms. The van der Waals surface area contributed by atoms with Gasteiger partial charge >= 0.3 is 0 Å². The first kappa shape index (κ1) is 18.4. The minimum atomic E-state index is 0.785. The van der Waals surface area contributed by atoms with Crippen LogP contribution in [0.15, 0.2) is 48.0 Å². The van der Waals surface area contributed by atoms with Gasteiger partial charge in [-0.2, -0.15) is 0 Å². The number of nitrogens with zero attached hydrogens (tertiary/aromatic N) is 2. The molecule has 0 aliphatic rings. The third-order valence-electron chi connectivity index (χ3n) is 4.08. The zero-order valence-electron chi connectivity index (χ0n) is 15.4. The van der Waals surface area contributed by atoms with Crippen molar-refractivity contribution in [3.63, 3.8) is 0 Å². The molecule has 5 heteroatoms. The molecule has 0 aliphatic heterocycles. The van der Waals surface area contributed by atoms with Crippen LogP contribution in [-0.2, 0) is 0 Å². The van der Waals surface area contributed by atoms with Gasteiger partial charge < -0.3 is 10.1 Å². The molecular weight excluding hydrogens is 342 g/mol. The highest BCUT2D eigenvalue weighted by molar-refractivity contribution is 7.14. The summed E-state index contributed by atoms with van der Waals surface area (Å²) in [6, 6.07) is 12.1. The van der Waals surface area contributed by atoms with Crippen LogP contribution in [-0.4, -0.2) is 16.6 Å². The highest BCUT2D eigenvalue weighted by Gasteiger charge is 2.05. The van der Waals surface area contributed by atoms with Crippen LogP contribution in [0, 0.1) is 6.92 Å². The molecular formula is C21H25N3OS. The van der Waals surface area contributed by atoms with E-state index in [0.29, 0.717) is 0 Å². The van der Waals surface area contributed by atoms with Crippen LogP contribution in [0.1, 0.15) is 38.3 Å². The normalized spacial score (nSPS) is 10.7. The first-order chi connectivity index (χ1) is 12.7. The van der Waals surface area contributed by atoms with Crippen LogP contribution < -0.4 is 10.1 Å². The minimum absolute atomic E-state index is 0.785. The Bertz CT molecular complexity index is 797. The van der Waals surface area contributed by atoms with Crippen molar-refractivity contribution >= 4 is 22.2 Å². The molecule has 0 radical (unpaired) electrons. The average Bonchev–Trinajstić information content (AvgIpc) is 3.12.